The largest absolute Gasteiger partial charge is 0.377 e. The lowest BCUT2D eigenvalue weighted by Gasteiger charge is -2.25. The van der Waals surface area contributed by atoms with Crippen molar-refractivity contribution in [1.29, 1.82) is 0 Å². The summed E-state index contributed by atoms with van der Waals surface area (Å²) in [5.41, 5.74) is 2.38. The minimum Gasteiger partial charge on any atom is -0.377 e. The maximum atomic E-state index is 6.14. The van der Waals surface area contributed by atoms with E-state index in [1.54, 1.807) is 11.3 Å². The van der Waals surface area contributed by atoms with Gasteiger partial charge >= 0.3 is 0 Å². The minimum absolute atomic E-state index is 0.322. The Kier molecular flexibility index (Phi) is 4.08. The SMILES string of the molecule is Clc1ccc(Br)c(NC2CCCc3sc(Cl)cc32)c1. The molecule has 0 amide bonds. The number of anilines is 1. The van der Waals surface area contributed by atoms with E-state index in [4.69, 9.17) is 23.2 Å². The van der Waals surface area contributed by atoms with Crippen LogP contribution in [0.2, 0.25) is 9.36 Å². The fourth-order valence-corrected chi connectivity index (χ4v) is 4.38. The number of nitrogens with one attached hydrogen (secondary N) is 1. The van der Waals surface area contributed by atoms with Gasteiger partial charge in [0.15, 0.2) is 0 Å². The Labute approximate surface area is 135 Å². The lowest BCUT2D eigenvalue weighted by molar-refractivity contribution is 0.608. The van der Waals surface area contributed by atoms with E-state index in [9.17, 15) is 0 Å². The predicted octanol–water partition coefficient (Wildman–Crippen LogP) is 6.31. The molecule has 0 saturated carbocycles. The smallest absolute Gasteiger partial charge is 0.0934 e. The summed E-state index contributed by atoms with van der Waals surface area (Å²) in [6.07, 6.45) is 3.46. The molecule has 0 bridgehead atoms. The molecule has 100 valence electrons. The number of hydrogen-bond acceptors (Lipinski definition) is 2. The van der Waals surface area contributed by atoms with Gasteiger partial charge in [-0.1, -0.05) is 23.2 Å². The molecule has 1 aliphatic carbocycles. The molecule has 2 aromatic rings. The maximum absolute atomic E-state index is 6.14. The highest BCUT2D eigenvalue weighted by Gasteiger charge is 2.23. The Morgan fingerprint density at radius 2 is 2.11 bits per heavy atom. The van der Waals surface area contributed by atoms with Gasteiger partial charge in [0.05, 0.1) is 16.1 Å². The number of rotatable bonds is 2. The van der Waals surface area contributed by atoms with Gasteiger partial charge in [-0.25, -0.2) is 0 Å². The van der Waals surface area contributed by atoms with Crippen LogP contribution >= 0.6 is 50.5 Å². The van der Waals surface area contributed by atoms with Gasteiger partial charge < -0.3 is 5.32 Å². The van der Waals surface area contributed by atoms with Crippen LogP contribution in [0.1, 0.15) is 29.3 Å². The summed E-state index contributed by atoms with van der Waals surface area (Å²) in [5.74, 6) is 0. The first kappa shape index (κ1) is 13.7. The van der Waals surface area contributed by atoms with Gasteiger partial charge in [0.25, 0.3) is 0 Å². The fraction of sp³-hybridized carbons (Fsp3) is 0.286. The molecule has 0 saturated heterocycles. The van der Waals surface area contributed by atoms with E-state index in [0.717, 1.165) is 32.4 Å². The zero-order valence-corrected chi connectivity index (χ0v) is 14.0. The summed E-state index contributed by atoms with van der Waals surface area (Å²) in [6.45, 7) is 0. The summed E-state index contributed by atoms with van der Waals surface area (Å²) in [5, 5.41) is 4.32. The quantitative estimate of drug-likeness (QED) is 0.647. The molecule has 1 aliphatic rings. The molecule has 1 heterocycles. The third kappa shape index (κ3) is 2.94. The first-order chi connectivity index (χ1) is 9.13. The van der Waals surface area contributed by atoms with Gasteiger partial charge in [-0.2, -0.15) is 0 Å². The minimum atomic E-state index is 0.322. The summed E-state index contributed by atoms with van der Waals surface area (Å²) < 4.78 is 1.91. The number of fused-ring (bicyclic) bond motifs is 1. The van der Waals surface area contributed by atoms with Crippen LogP contribution in [0.4, 0.5) is 5.69 Å². The average Bonchev–Trinajstić information content (AvgIpc) is 2.75. The molecular weight excluding hydrogens is 365 g/mol. The van der Waals surface area contributed by atoms with Crippen molar-refractivity contribution in [3.63, 3.8) is 0 Å². The van der Waals surface area contributed by atoms with Gasteiger partial charge in [-0.15, -0.1) is 11.3 Å². The van der Waals surface area contributed by atoms with Gasteiger partial charge in [0, 0.05) is 14.4 Å². The van der Waals surface area contributed by atoms with E-state index < -0.39 is 0 Å². The zero-order chi connectivity index (χ0) is 13.4. The van der Waals surface area contributed by atoms with Crippen LogP contribution in [-0.2, 0) is 6.42 Å². The zero-order valence-electron chi connectivity index (χ0n) is 10.1. The van der Waals surface area contributed by atoms with Crippen LogP contribution in [0, 0.1) is 0 Å². The van der Waals surface area contributed by atoms with Crippen molar-refractivity contribution in [2.24, 2.45) is 0 Å². The topological polar surface area (TPSA) is 12.0 Å². The monoisotopic (exact) mass is 375 g/mol. The van der Waals surface area contributed by atoms with Crippen molar-refractivity contribution in [1.82, 2.24) is 0 Å². The van der Waals surface area contributed by atoms with E-state index in [1.165, 1.54) is 16.9 Å². The lowest BCUT2D eigenvalue weighted by atomic mass is 9.94. The van der Waals surface area contributed by atoms with Gasteiger partial charge in [-0.3, -0.25) is 0 Å². The highest BCUT2D eigenvalue weighted by Crippen LogP contribution is 2.40. The van der Waals surface area contributed by atoms with Gasteiger partial charge in [-0.05, 0) is 65.0 Å². The van der Waals surface area contributed by atoms with Crippen molar-refractivity contribution in [2.75, 3.05) is 5.32 Å². The Morgan fingerprint density at radius 1 is 1.26 bits per heavy atom. The highest BCUT2D eigenvalue weighted by molar-refractivity contribution is 9.10. The Hall–Kier alpha value is -0.220. The molecule has 1 unspecified atom stereocenters. The number of halogens is 3. The number of aryl methyl sites for hydroxylation is 1. The highest BCUT2D eigenvalue weighted by atomic mass is 79.9. The molecule has 0 aliphatic heterocycles. The third-order valence-corrected chi connectivity index (χ3v) is 5.61. The molecule has 3 rings (SSSR count). The summed E-state index contributed by atoms with van der Waals surface area (Å²) in [7, 11) is 0. The molecule has 1 aromatic carbocycles. The molecule has 19 heavy (non-hydrogen) atoms. The third-order valence-electron chi connectivity index (χ3n) is 3.34. The normalized spacial score (nSPS) is 18.2. The van der Waals surface area contributed by atoms with E-state index >= 15 is 0 Å². The predicted molar refractivity (Wildman–Crippen MR) is 87.8 cm³/mol. The first-order valence-electron chi connectivity index (χ1n) is 6.13. The van der Waals surface area contributed by atoms with Gasteiger partial charge in [0.2, 0.25) is 0 Å². The second kappa shape index (κ2) is 5.65. The molecule has 0 fully saturated rings. The summed E-state index contributed by atoms with van der Waals surface area (Å²) >= 11 is 17.5. The van der Waals surface area contributed by atoms with Crippen molar-refractivity contribution in [3.8, 4) is 0 Å². The number of thiophene rings is 1. The maximum Gasteiger partial charge on any atom is 0.0934 e. The van der Waals surface area contributed by atoms with Crippen LogP contribution in [0.5, 0.6) is 0 Å². The van der Waals surface area contributed by atoms with Crippen LogP contribution < -0.4 is 5.32 Å². The molecule has 0 spiro atoms. The molecule has 5 heteroatoms. The van der Waals surface area contributed by atoms with Crippen molar-refractivity contribution < 1.29 is 0 Å². The Morgan fingerprint density at radius 3 is 2.95 bits per heavy atom. The van der Waals surface area contributed by atoms with E-state index in [1.807, 2.05) is 18.2 Å². The molecule has 1 atom stereocenters. The molecule has 0 radical (unpaired) electrons. The van der Waals surface area contributed by atoms with Crippen molar-refractivity contribution in [3.05, 3.63) is 48.5 Å². The van der Waals surface area contributed by atoms with Crippen molar-refractivity contribution >= 4 is 56.2 Å². The van der Waals surface area contributed by atoms with Crippen LogP contribution in [-0.4, -0.2) is 0 Å². The Balaban J connectivity index is 1.90. The standard InChI is InChI=1S/C14H12BrCl2NS/c15-10-5-4-8(16)6-12(10)18-11-2-1-3-13-9(11)7-14(17)19-13/h4-7,11,18H,1-3H2. The molecular formula is C14H12BrCl2NS. The second-order valence-corrected chi connectivity index (χ2v) is 7.70. The lowest BCUT2D eigenvalue weighted by Crippen LogP contribution is -2.15. The average molecular weight is 377 g/mol. The summed E-state index contributed by atoms with van der Waals surface area (Å²) in [4.78, 5) is 1.41. The van der Waals surface area contributed by atoms with Crippen LogP contribution in [0.15, 0.2) is 28.7 Å². The van der Waals surface area contributed by atoms with Crippen LogP contribution in [0.3, 0.4) is 0 Å². The van der Waals surface area contributed by atoms with E-state index in [2.05, 4.69) is 27.3 Å². The first-order valence-corrected chi connectivity index (χ1v) is 8.50. The van der Waals surface area contributed by atoms with Crippen LogP contribution in [0.25, 0.3) is 0 Å². The number of hydrogen-bond donors (Lipinski definition) is 1. The van der Waals surface area contributed by atoms with E-state index in [-0.39, 0.29) is 0 Å². The number of benzene rings is 1. The summed E-state index contributed by atoms with van der Waals surface area (Å²) in [6, 6.07) is 8.21. The molecule has 1 aromatic heterocycles. The van der Waals surface area contributed by atoms with E-state index in [0.29, 0.717) is 6.04 Å². The second-order valence-electron chi connectivity index (χ2n) is 4.64. The van der Waals surface area contributed by atoms with Gasteiger partial charge in [0.1, 0.15) is 0 Å². The molecule has 1 nitrogen and oxygen atoms in total. The van der Waals surface area contributed by atoms with Crippen molar-refractivity contribution in [2.45, 2.75) is 25.3 Å². The molecule has 1 N–H and O–H groups in total. The fourth-order valence-electron chi connectivity index (χ4n) is 2.47. The Bertz CT molecular complexity index is 611.